The lowest BCUT2D eigenvalue weighted by atomic mass is 10.6. The van der Waals surface area contributed by atoms with Crippen LogP contribution in [0, 0.1) is 0 Å². The van der Waals surface area contributed by atoms with E-state index < -0.39 is 11.3 Å². The number of halogens is 3. The van der Waals surface area contributed by atoms with Gasteiger partial charge in [-0.15, -0.1) is 11.3 Å². The van der Waals surface area contributed by atoms with Crippen LogP contribution in [0.5, 0.6) is 0 Å². The quantitative estimate of drug-likeness (QED) is 0.666. The Bertz CT molecular complexity index is 378. The van der Waals surface area contributed by atoms with E-state index >= 15 is 0 Å². The maximum atomic E-state index is 12.2. The molecular weight excluding hydrogens is 222 g/mol. The van der Waals surface area contributed by atoms with Crippen molar-refractivity contribution in [3.05, 3.63) is 16.4 Å². The second kappa shape index (κ2) is 3.55. The van der Waals surface area contributed by atoms with Crippen molar-refractivity contribution in [2.24, 2.45) is 12.0 Å². The molecule has 0 atom stereocenters. The molecule has 0 unspecified atom stereocenters. The standard InChI is InChI=1S/C6H5ClF2N2OS/c1-11-2-3-13-5(11)10-4(12)6(7,8)9/h2-3H,1H3. The molecule has 0 saturated carbocycles. The SMILES string of the molecule is Cn1ccsc1=NC(=O)C(F)(F)Cl. The normalized spacial score (nSPS) is 13.4. The maximum Gasteiger partial charge on any atom is 0.402 e. The predicted octanol–water partition coefficient (Wildman–Crippen LogP) is 1.35. The van der Waals surface area contributed by atoms with Crippen molar-refractivity contribution in [1.82, 2.24) is 4.57 Å². The molecule has 0 spiro atoms. The molecule has 0 aliphatic heterocycles. The molecule has 1 rings (SSSR count). The summed E-state index contributed by atoms with van der Waals surface area (Å²) in [5.74, 6) is -1.65. The van der Waals surface area contributed by atoms with Gasteiger partial charge in [0.25, 0.3) is 0 Å². The number of rotatable bonds is 1. The fraction of sp³-hybridized carbons (Fsp3) is 0.333. The van der Waals surface area contributed by atoms with Crippen molar-refractivity contribution in [3.8, 4) is 0 Å². The summed E-state index contributed by atoms with van der Waals surface area (Å²) in [5.41, 5.74) is 0. The number of aromatic nitrogens is 1. The molecule has 1 aromatic heterocycles. The van der Waals surface area contributed by atoms with E-state index in [9.17, 15) is 13.6 Å². The van der Waals surface area contributed by atoms with E-state index in [-0.39, 0.29) is 4.80 Å². The molecule has 0 saturated heterocycles. The van der Waals surface area contributed by atoms with E-state index in [0.717, 1.165) is 11.3 Å². The van der Waals surface area contributed by atoms with Gasteiger partial charge in [0.05, 0.1) is 0 Å². The van der Waals surface area contributed by atoms with Crippen LogP contribution in [0.3, 0.4) is 0 Å². The molecule has 72 valence electrons. The van der Waals surface area contributed by atoms with E-state index in [1.165, 1.54) is 4.57 Å². The van der Waals surface area contributed by atoms with Crippen molar-refractivity contribution in [2.45, 2.75) is 5.38 Å². The second-order valence-electron chi connectivity index (χ2n) is 2.21. The Hall–Kier alpha value is -0.750. The maximum absolute atomic E-state index is 12.2. The lowest BCUT2D eigenvalue weighted by Crippen LogP contribution is -2.23. The molecule has 0 fully saturated rings. The summed E-state index contributed by atoms with van der Waals surface area (Å²) < 4.78 is 25.8. The van der Waals surface area contributed by atoms with Crippen molar-refractivity contribution >= 4 is 28.8 Å². The molecule has 1 amide bonds. The Morgan fingerprint density at radius 3 is 2.77 bits per heavy atom. The molecule has 1 aromatic rings. The third kappa shape index (κ3) is 2.60. The van der Waals surface area contributed by atoms with Crippen molar-refractivity contribution in [1.29, 1.82) is 0 Å². The van der Waals surface area contributed by atoms with Gasteiger partial charge in [-0.05, 0) is 11.6 Å². The number of carbonyl (C=O) groups is 1. The van der Waals surface area contributed by atoms with Crippen LogP contribution in [0.2, 0.25) is 0 Å². The highest BCUT2D eigenvalue weighted by Gasteiger charge is 2.35. The molecule has 3 nitrogen and oxygen atoms in total. The fourth-order valence-corrected chi connectivity index (χ4v) is 1.36. The summed E-state index contributed by atoms with van der Waals surface area (Å²) in [4.78, 5) is 14.0. The summed E-state index contributed by atoms with van der Waals surface area (Å²) >= 11 is 5.55. The monoisotopic (exact) mass is 226 g/mol. The molecule has 1 heterocycles. The third-order valence-electron chi connectivity index (χ3n) is 1.20. The van der Waals surface area contributed by atoms with E-state index in [1.807, 2.05) is 0 Å². The van der Waals surface area contributed by atoms with E-state index in [1.54, 1.807) is 18.6 Å². The van der Waals surface area contributed by atoms with Crippen LogP contribution in [0.25, 0.3) is 0 Å². The molecule has 0 bridgehead atoms. The molecule has 13 heavy (non-hydrogen) atoms. The number of aryl methyl sites for hydroxylation is 1. The van der Waals surface area contributed by atoms with Gasteiger partial charge in [0.2, 0.25) is 0 Å². The summed E-state index contributed by atoms with van der Waals surface area (Å²) in [6, 6.07) is 0. The Morgan fingerprint density at radius 1 is 1.77 bits per heavy atom. The smallest absolute Gasteiger partial charge is 0.327 e. The molecule has 0 aliphatic carbocycles. The van der Waals surface area contributed by atoms with Gasteiger partial charge in [-0.1, -0.05) is 0 Å². The summed E-state index contributed by atoms with van der Waals surface area (Å²) in [7, 11) is 1.59. The average Bonchev–Trinajstić information content (AvgIpc) is 2.34. The first-order chi connectivity index (χ1) is 5.91. The first kappa shape index (κ1) is 10.3. The van der Waals surface area contributed by atoms with Crippen molar-refractivity contribution in [3.63, 3.8) is 0 Å². The van der Waals surface area contributed by atoms with E-state index in [0.29, 0.717) is 0 Å². The second-order valence-corrected chi connectivity index (χ2v) is 3.56. The van der Waals surface area contributed by atoms with Crippen LogP contribution < -0.4 is 4.80 Å². The Labute approximate surface area is 81.3 Å². The van der Waals surface area contributed by atoms with Crippen molar-refractivity contribution in [2.75, 3.05) is 0 Å². The topological polar surface area (TPSA) is 34.4 Å². The number of thiazole rings is 1. The minimum Gasteiger partial charge on any atom is -0.327 e. The van der Waals surface area contributed by atoms with Crippen LogP contribution >= 0.6 is 22.9 Å². The zero-order valence-corrected chi connectivity index (χ0v) is 8.07. The zero-order chi connectivity index (χ0) is 10.1. The lowest BCUT2D eigenvalue weighted by molar-refractivity contribution is -0.132. The Kier molecular flexibility index (Phi) is 2.82. The average molecular weight is 227 g/mol. The zero-order valence-electron chi connectivity index (χ0n) is 6.50. The minimum atomic E-state index is -3.92. The minimum absolute atomic E-state index is 0.185. The molecule has 0 N–H and O–H groups in total. The van der Waals surface area contributed by atoms with Gasteiger partial charge < -0.3 is 4.57 Å². The van der Waals surface area contributed by atoms with Crippen LogP contribution in [-0.4, -0.2) is 15.9 Å². The first-order valence-electron chi connectivity index (χ1n) is 3.17. The Morgan fingerprint density at radius 2 is 2.38 bits per heavy atom. The lowest BCUT2D eigenvalue weighted by Gasteiger charge is -1.99. The number of alkyl halides is 3. The summed E-state index contributed by atoms with van der Waals surface area (Å²) in [6.45, 7) is 0. The third-order valence-corrected chi connectivity index (χ3v) is 2.21. The van der Waals surface area contributed by atoms with E-state index in [4.69, 9.17) is 0 Å². The highest BCUT2D eigenvalue weighted by Crippen LogP contribution is 2.19. The van der Waals surface area contributed by atoms with Gasteiger partial charge in [0, 0.05) is 18.6 Å². The van der Waals surface area contributed by atoms with Gasteiger partial charge in [-0.3, -0.25) is 4.79 Å². The number of hydrogen-bond acceptors (Lipinski definition) is 2. The van der Waals surface area contributed by atoms with Crippen molar-refractivity contribution < 1.29 is 13.6 Å². The highest BCUT2D eigenvalue weighted by molar-refractivity contribution is 7.07. The molecule has 0 aliphatic rings. The molecule has 7 heteroatoms. The van der Waals surface area contributed by atoms with Crippen LogP contribution in [0.15, 0.2) is 16.6 Å². The number of hydrogen-bond donors (Lipinski definition) is 0. The van der Waals surface area contributed by atoms with Crippen LogP contribution in [0.4, 0.5) is 8.78 Å². The van der Waals surface area contributed by atoms with Gasteiger partial charge in [-0.25, -0.2) is 0 Å². The molecule has 0 radical (unpaired) electrons. The van der Waals surface area contributed by atoms with Gasteiger partial charge in [0.1, 0.15) is 0 Å². The summed E-state index contributed by atoms with van der Waals surface area (Å²) in [5, 5.41) is -2.30. The van der Waals surface area contributed by atoms with Crippen LogP contribution in [-0.2, 0) is 11.8 Å². The fourth-order valence-electron chi connectivity index (χ4n) is 0.585. The molecule has 0 aromatic carbocycles. The Balaban J connectivity index is 3.04. The number of carbonyl (C=O) groups excluding carboxylic acids is 1. The number of amides is 1. The highest BCUT2D eigenvalue weighted by atomic mass is 35.5. The van der Waals surface area contributed by atoms with Gasteiger partial charge in [0.15, 0.2) is 4.80 Å². The largest absolute Gasteiger partial charge is 0.402 e. The summed E-state index contributed by atoms with van der Waals surface area (Å²) in [6.07, 6.45) is 1.60. The predicted molar refractivity (Wildman–Crippen MR) is 44.7 cm³/mol. The first-order valence-corrected chi connectivity index (χ1v) is 4.43. The van der Waals surface area contributed by atoms with E-state index in [2.05, 4.69) is 16.6 Å². The van der Waals surface area contributed by atoms with Gasteiger partial charge >= 0.3 is 11.3 Å². The van der Waals surface area contributed by atoms with Gasteiger partial charge in [-0.2, -0.15) is 13.8 Å². The number of nitrogens with zero attached hydrogens (tertiary/aromatic N) is 2. The molecular formula is C6H5ClF2N2OS. The van der Waals surface area contributed by atoms with Crippen LogP contribution in [0.1, 0.15) is 0 Å².